The minimum atomic E-state index is -1.17. The highest BCUT2D eigenvalue weighted by atomic mass is 79.9. The van der Waals surface area contributed by atoms with Crippen molar-refractivity contribution in [2.45, 2.75) is 13.0 Å². The molecule has 0 unspecified atom stereocenters. The molecule has 10 nitrogen and oxygen atoms in total. The van der Waals surface area contributed by atoms with Crippen LogP contribution in [0, 0.1) is 10.1 Å². The fourth-order valence-corrected chi connectivity index (χ4v) is 3.30. The zero-order chi connectivity index (χ0) is 22.7. The van der Waals surface area contributed by atoms with Gasteiger partial charge in [0.1, 0.15) is 5.57 Å². The Morgan fingerprint density at radius 1 is 1.26 bits per heavy atom. The molecule has 2 amide bonds. The van der Waals surface area contributed by atoms with Gasteiger partial charge in [-0.05, 0) is 31.2 Å². The van der Waals surface area contributed by atoms with Crippen LogP contribution in [0.2, 0.25) is 0 Å². The van der Waals surface area contributed by atoms with Crippen LogP contribution in [0.5, 0.6) is 5.75 Å². The molecule has 2 aromatic rings. The zero-order valence-electron chi connectivity index (χ0n) is 16.3. The molecular formula is C20H16BrN3O7. The smallest absolute Gasteiger partial charge is 0.346 e. The lowest BCUT2D eigenvalue weighted by Crippen LogP contribution is -2.35. The molecule has 0 bridgehead atoms. The van der Waals surface area contributed by atoms with Crippen LogP contribution in [-0.2, 0) is 19.1 Å². The molecule has 0 aromatic heterocycles. The zero-order valence-corrected chi connectivity index (χ0v) is 17.9. The molecule has 1 aliphatic heterocycles. The average Bonchev–Trinajstić information content (AvgIpc) is 3.03. The number of benzene rings is 2. The van der Waals surface area contributed by atoms with Crippen LogP contribution >= 0.6 is 15.9 Å². The molecule has 1 heterocycles. The molecule has 1 aliphatic rings. The number of hydrogen-bond acceptors (Lipinski definition) is 7. The molecule has 160 valence electrons. The van der Waals surface area contributed by atoms with Crippen molar-refractivity contribution < 1.29 is 28.8 Å². The minimum Gasteiger partial charge on any atom is -0.471 e. The minimum absolute atomic E-state index is 0.0604. The molecule has 11 heteroatoms. The molecule has 1 N–H and O–H groups in total. The molecule has 0 radical (unpaired) electrons. The van der Waals surface area contributed by atoms with E-state index >= 15 is 0 Å². The summed E-state index contributed by atoms with van der Waals surface area (Å²) in [5.41, 5.74) is 2.24. The van der Waals surface area contributed by atoms with Crippen molar-refractivity contribution in [1.82, 2.24) is 5.43 Å². The first kappa shape index (κ1) is 22.0. The maximum absolute atomic E-state index is 12.8. The second-order valence-electron chi connectivity index (χ2n) is 6.36. The number of carbonyl (C=O) groups excluding carboxylic acids is 3. The van der Waals surface area contributed by atoms with Crippen molar-refractivity contribution in [3.8, 4) is 5.75 Å². The Labute approximate surface area is 184 Å². The summed E-state index contributed by atoms with van der Waals surface area (Å²) < 4.78 is 10.4. The van der Waals surface area contributed by atoms with Gasteiger partial charge in [0.25, 0.3) is 11.8 Å². The van der Waals surface area contributed by atoms with Gasteiger partial charge in [-0.1, -0.05) is 34.1 Å². The van der Waals surface area contributed by atoms with Crippen molar-refractivity contribution in [3.05, 3.63) is 68.2 Å². The third-order valence-corrected chi connectivity index (χ3v) is 4.75. The number of anilines is 1. The van der Waals surface area contributed by atoms with Gasteiger partial charge < -0.3 is 9.47 Å². The highest BCUT2D eigenvalue weighted by Crippen LogP contribution is 2.37. The van der Waals surface area contributed by atoms with E-state index in [-0.39, 0.29) is 16.9 Å². The second kappa shape index (κ2) is 8.96. The summed E-state index contributed by atoms with van der Waals surface area (Å²) in [5.74, 6) is -2.37. The number of para-hydroxylation sites is 1. The van der Waals surface area contributed by atoms with E-state index in [1.54, 1.807) is 30.3 Å². The van der Waals surface area contributed by atoms with E-state index < -0.39 is 34.5 Å². The van der Waals surface area contributed by atoms with Crippen LogP contribution in [-0.4, -0.2) is 35.9 Å². The number of rotatable bonds is 6. The maximum Gasteiger partial charge on any atom is 0.346 e. The van der Waals surface area contributed by atoms with Crippen LogP contribution in [0.25, 0.3) is 6.08 Å². The van der Waals surface area contributed by atoms with Gasteiger partial charge >= 0.3 is 11.7 Å². The number of esters is 1. The van der Waals surface area contributed by atoms with Crippen LogP contribution < -0.4 is 15.2 Å². The van der Waals surface area contributed by atoms with E-state index in [9.17, 15) is 24.5 Å². The SMILES string of the molecule is COC(=O)[C@@H](C)Oc1c(/C=C2/C(=O)NN(c3ccccc3)C2=O)cc(Br)cc1[N+](=O)[O-]. The molecule has 0 aliphatic carbocycles. The highest BCUT2D eigenvalue weighted by molar-refractivity contribution is 9.10. The van der Waals surface area contributed by atoms with Gasteiger partial charge in [0.15, 0.2) is 6.10 Å². The van der Waals surface area contributed by atoms with Crippen molar-refractivity contribution >= 4 is 51.2 Å². The Morgan fingerprint density at radius 3 is 2.55 bits per heavy atom. The Hall–Kier alpha value is -3.73. The summed E-state index contributed by atoms with van der Waals surface area (Å²) in [5, 5.41) is 12.6. The summed E-state index contributed by atoms with van der Waals surface area (Å²) in [4.78, 5) is 47.9. The summed E-state index contributed by atoms with van der Waals surface area (Å²) in [7, 11) is 1.15. The number of halogens is 1. The van der Waals surface area contributed by atoms with E-state index in [4.69, 9.17) is 4.74 Å². The quantitative estimate of drug-likeness (QED) is 0.217. The number of nitrogens with zero attached hydrogens (tertiary/aromatic N) is 2. The number of hydrazine groups is 1. The second-order valence-corrected chi connectivity index (χ2v) is 7.27. The number of carbonyl (C=O) groups is 3. The number of hydrogen-bond donors (Lipinski definition) is 1. The predicted octanol–water partition coefficient (Wildman–Crippen LogP) is 2.76. The third-order valence-electron chi connectivity index (χ3n) is 4.29. The lowest BCUT2D eigenvalue weighted by molar-refractivity contribution is -0.386. The van der Waals surface area contributed by atoms with Gasteiger partial charge in [-0.2, -0.15) is 0 Å². The topological polar surface area (TPSA) is 128 Å². The number of nitro groups is 1. The molecule has 1 fully saturated rings. The van der Waals surface area contributed by atoms with E-state index in [1.165, 1.54) is 25.1 Å². The highest BCUT2D eigenvalue weighted by Gasteiger charge is 2.35. The van der Waals surface area contributed by atoms with E-state index in [2.05, 4.69) is 26.1 Å². The monoisotopic (exact) mass is 489 g/mol. The fourth-order valence-electron chi connectivity index (χ4n) is 2.83. The Morgan fingerprint density at radius 2 is 1.94 bits per heavy atom. The molecule has 1 atom stereocenters. The summed E-state index contributed by atoms with van der Waals surface area (Å²) in [6.45, 7) is 1.36. The normalized spacial score (nSPS) is 15.6. The fraction of sp³-hybridized carbons (Fsp3) is 0.150. The molecule has 3 rings (SSSR count). The Bertz CT molecular complexity index is 1100. The van der Waals surface area contributed by atoms with Crippen LogP contribution in [0.4, 0.5) is 11.4 Å². The largest absolute Gasteiger partial charge is 0.471 e. The summed E-state index contributed by atoms with van der Waals surface area (Å²) in [6, 6.07) is 11.1. The standard InChI is InChI=1S/C20H16BrN3O7/c1-11(20(27)30-2)31-17-12(8-13(21)10-16(17)24(28)29)9-15-18(25)22-23(19(15)26)14-6-4-3-5-7-14/h3-11H,1-2H3,(H,22,25)/b15-9-/t11-/m1/s1. The number of nitrogens with one attached hydrogen (secondary N) is 1. The molecule has 0 saturated carbocycles. The van der Waals surface area contributed by atoms with Gasteiger partial charge in [-0.15, -0.1) is 0 Å². The Kier molecular flexibility index (Phi) is 6.35. The molecule has 2 aromatic carbocycles. The van der Waals surface area contributed by atoms with E-state index in [0.29, 0.717) is 10.2 Å². The van der Waals surface area contributed by atoms with E-state index in [0.717, 1.165) is 12.1 Å². The summed E-state index contributed by atoms with van der Waals surface area (Å²) >= 11 is 3.18. The van der Waals surface area contributed by atoms with Crippen molar-refractivity contribution in [2.24, 2.45) is 0 Å². The lowest BCUT2D eigenvalue weighted by atomic mass is 10.1. The van der Waals surface area contributed by atoms with Gasteiger partial charge in [0, 0.05) is 16.1 Å². The first-order valence-corrected chi connectivity index (χ1v) is 9.66. The van der Waals surface area contributed by atoms with Gasteiger partial charge in [0.2, 0.25) is 5.75 Å². The Balaban J connectivity index is 2.08. The predicted molar refractivity (Wildman–Crippen MR) is 113 cm³/mol. The van der Waals surface area contributed by atoms with Gasteiger partial charge in [-0.3, -0.25) is 25.1 Å². The third kappa shape index (κ3) is 4.56. The maximum atomic E-state index is 12.8. The van der Waals surface area contributed by atoms with Gasteiger partial charge in [0.05, 0.1) is 17.7 Å². The summed E-state index contributed by atoms with van der Waals surface area (Å²) in [6.07, 6.45) is 0.00786. The van der Waals surface area contributed by atoms with Crippen molar-refractivity contribution in [1.29, 1.82) is 0 Å². The first-order chi connectivity index (χ1) is 14.7. The molecule has 0 spiro atoms. The van der Waals surface area contributed by atoms with Crippen molar-refractivity contribution in [2.75, 3.05) is 12.1 Å². The van der Waals surface area contributed by atoms with E-state index in [1.807, 2.05) is 0 Å². The van der Waals surface area contributed by atoms with Crippen LogP contribution in [0.15, 0.2) is 52.5 Å². The van der Waals surface area contributed by atoms with Crippen molar-refractivity contribution in [3.63, 3.8) is 0 Å². The first-order valence-electron chi connectivity index (χ1n) is 8.87. The van der Waals surface area contributed by atoms with Gasteiger partial charge in [-0.25, -0.2) is 9.80 Å². The average molecular weight is 490 g/mol. The number of nitro benzene ring substituents is 1. The lowest BCUT2D eigenvalue weighted by Gasteiger charge is -2.15. The molecule has 31 heavy (non-hydrogen) atoms. The molecular weight excluding hydrogens is 474 g/mol. The molecule has 1 saturated heterocycles. The number of amides is 2. The van der Waals surface area contributed by atoms with Crippen LogP contribution in [0.1, 0.15) is 12.5 Å². The number of methoxy groups -OCH3 is 1. The van der Waals surface area contributed by atoms with Crippen LogP contribution in [0.3, 0.4) is 0 Å². The number of ether oxygens (including phenoxy) is 2.